The molecule has 0 amide bonds. The van der Waals surface area contributed by atoms with Gasteiger partial charge in [0.05, 0.1) is 25.4 Å². The van der Waals surface area contributed by atoms with Gasteiger partial charge in [0.15, 0.2) is 18.4 Å². The van der Waals surface area contributed by atoms with Crippen LogP contribution in [0.2, 0.25) is 13.1 Å². The van der Waals surface area contributed by atoms with E-state index in [9.17, 15) is 0 Å². The lowest BCUT2D eigenvalue weighted by Gasteiger charge is -2.52. The Hall–Kier alpha value is -1.70. The van der Waals surface area contributed by atoms with Gasteiger partial charge in [-0.3, -0.25) is 0 Å². The number of rotatable bonds is 4. The van der Waals surface area contributed by atoms with E-state index in [0.29, 0.717) is 19.6 Å². The van der Waals surface area contributed by atoms with Gasteiger partial charge in [0, 0.05) is 12.0 Å². The molecule has 0 bridgehead atoms. The number of hydrogen-bond acceptors (Lipinski definition) is 9. The Morgan fingerprint density at radius 3 is 2.25 bits per heavy atom. The number of hydrogen-bond donors (Lipinski definition) is 0. The van der Waals surface area contributed by atoms with Crippen molar-refractivity contribution < 1.29 is 42.0 Å². The van der Waals surface area contributed by atoms with E-state index in [1.807, 2.05) is 62.4 Å². The molecule has 0 aliphatic carbocycles. The van der Waals surface area contributed by atoms with Crippen molar-refractivity contribution in [3.8, 4) is 0 Å². The van der Waals surface area contributed by atoms with E-state index in [0.717, 1.165) is 11.1 Å². The standard InChI is InChI=1S/C30H38O9Si/c1-30(2)36-27-25-21(34-29(27)37-30)15-20-24(38-40(3,4)39-25)26(31-16-18-11-7-5-8-12-18)23-22(33-20)17-32-28(35-23)19-13-9-6-10-14-19/h5-14,20-29H,15-17H2,1-4H3/t20-,21-,22-,23-,24+,25+,26+,27-,28-,29-/m1/s1. The van der Waals surface area contributed by atoms with Crippen molar-refractivity contribution in [3.05, 3.63) is 71.8 Å². The van der Waals surface area contributed by atoms with E-state index >= 15 is 0 Å². The van der Waals surface area contributed by atoms with Gasteiger partial charge in [0.2, 0.25) is 0 Å². The normalized spacial score (nSPS) is 41.6. The first-order valence-corrected chi connectivity index (χ1v) is 17.1. The zero-order chi connectivity index (χ0) is 27.5. The summed E-state index contributed by atoms with van der Waals surface area (Å²) in [7, 11) is -2.72. The zero-order valence-electron chi connectivity index (χ0n) is 23.3. The molecule has 5 aliphatic rings. The SMILES string of the molecule is CC1(C)O[C@H]2O[C@@H]3C[C@H]4O[C@@H]5CO[C@@H](c6ccccc6)O[C@H]5[C@H](OCc5ccccc5)[C@H]4O[Si](C)(C)O[C@@H]3[C@H]2O1. The van der Waals surface area contributed by atoms with E-state index in [2.05, 4.69) is 25.2 Å². The molecule has 5 fully saturated rings. The molecular weight excluding hydrogens is 532 g/mol. The first kappa shape index (κ1) is 27.1. The van der Waals surface area contributed by atoms with Crippen molar-refractivity contribution in [3.63, 3.8) is 0 Å². The Morgan fingerprint density at radius 2 is 1.48 bits per heavy atom. The summed E-state index contributed by atoms with van der Waals surface area (Å²) in [4.78, 5) is 0. The van der Waals surface area contributed by atoms with Crippen LogP contribution >= 0.6 is 0 Å². The lowest BCUT2D eigenvalue weighted by atomic mass is 9.90. The van der Waals surface area contributed by atoms with Gasteiger partial charge in [0.1, 0.15) is 36.6 Å². The highest BCUT2D eigenvalue weighted by Crippen LogP contribution is 2.45. The van der Waals surface area contributed by atoms with Crippen LogP contribution in [0.1, 0.15) is 37.7 Å². The van der Waals surface area contributed by atoms with Gasteiger partial charge in [-0.1, -0.05) is 60.7 Å². The number of benzene rings is 2. The molecule has 10 atom stereocenters. The largest absolute Gasteiger partial charge is 0.386 e. The van der Waals surface area contributed by atoms with Crippen molar-refractivity contribution in [2.24, 2.45) is 0 Å². The monoisotopic (exact) mass is 570 g/mol. The van der Waals surface area contributed by atoms with Crippen LogP contribution in [0.25, 0.3) is 0 Å². The van der Waals surface area contributed by atoms with Crippen LogP contribution in [-0.2, 0) is 48.6 Å². The molecule has 5 saturated heterocycles. The van der Waals surface area contributed by atoms with E-state index in [4.69, 9.17) is 42.0 Å². The van der Waals surface area contributed by atoms with Crippen LogP contribution in [0.5, 0.6) is 0 Å². The average molecular weight is 571 g/mol. The highest BCUT2D eigenvalue weighted by Gasteiger charge is 2.61. The fraction of sp³-hybridized carbons (Fsp3) is 0.600. The maximum Gasteiger partial charge on any atom is 0.332 e. The van der Waals surface area contributed by atoms with Gasteiger partial charge in [-0.05, 0) is 32.5 Å². The molecular formula is C30H38O9Si. The Labute approximate surface area is 236 Å². The van der Waals surface area contributed by atoms with Gasteiger partial charge >= 0.3 is 8.56 Å². The number of ether oxygens (including phenoxy) is 7. The summed E-state index contributed by atoms with van der Waals surface area (Å²) in [5.74, 6) is -0.724. The maximum absolute atomic E-state index is 6.88. The van der Waals surface area contributed by atoms with Crippen LogP contribution in [0.15, 0.2) is 60.7 Å². The summed E-state index contributed by atoms with van der Waals surface area (Å²) in [6, 6.07) is 20.1. The highest BCUT2D eigenvalue weighted by atomic mass is 28.4. The van der Waals surface area contributed by atoms with E-state index in [1.165, 1.54) is 0 Å². The summed E-state index contributed by atoms with van der Waals surface area (Å²) in [5, 5.41) is 0. The second-order valence-electron chi connectivity index (χ2n) is 12.1. The van der Waals surface area contributed by atoms with Gasteiger partial charge in [-0.15, -0.1) is 0 Å². The van der Waals surface area contributed by atoms with Crippen LogP contribution in [-0.4, -0.2) is 76.1 Å². The fourth-order valence-electron chi connectivity index (χ4n) is 6.52. The second kappa shape index (κ2) is 10.5. The topological polar surface area (TPSA) is 83.1 Å². The average Bonchev–Trinajstić information content (AvgIpc) is 3.39. The molecule has 9 nitrogen and oxygen atoms in total. The molecule has 216 valence electrons. The highest BCUT2D eigenvalue weighted by molar-refractivity contribution is 6.64. The smallest absolute Gasteiger partial charge is 0.332 e. The fourth-order valence-corrected chi connectivity index (χ4v) is 8.46. The minimum Gasteiger partial charge on any atom is -0.386 e. The second-order valence-corrected chi connectivity index (χ2v) is 15.4. The van der Waals surface area contributed by atoms with Crippen LogP contribution in [0.3, 0.4) is 0 Å². The molecule has 0 spiro atoms. The number of fused-ring (bicyclic) bond motifs is 5. The molecule has 10 heteroatoms. The molecule has 0 radical (unpaired) electrons. The van der Waals surface area contributed by atoms with Crippen LogP contribution in [0.4, 0.5) is 0 Å². The molecule has 0 saturated carbocycles. The van der Waals surface area contributed by atoms with Crippen LogP contribution < -0.4 is 0 Å². The molecule has 2 aromatic rings. The molecule has 7 rings (SSSR count). The lowest BCUT2D eigenvalue weighted by molar-refractivity contribution is -0.338. The van der Waals surface area contributed by atoms with Gasteiger partial charge < -0.3 is 42.0 Å². The van der Waals surface area contributed by atoms with Crippen molar-refractivity contribution >= 4 is 8.56 Å². The molecule has 0 unspecified atom stereocenters. The molecule has 40 heavy (non-hydrogen) atoms. The van der Waals surface area contributed by atoms with Crippen LogP contribution in [0, 0.1) is 0 Å². The zero-order valence-corrected chi connectivity index (χ0v) is 24.3. The van der Waals surface area contributed by atoms with Gasteiger partial charge in [-0.25, -0.2) is 0 Å². The molecule has 0 N–H and O–H groups in total. The third-order valence-corrected chi connectivity index (χ3v) is 9.85. The predicted octanol–water partition coefficient (Wildman–Crippen LogP) is 4.21. The van der Waals surface area contributed by atoms with Crippen molar-refractivity contribution in [1.82, 2.24) is 0 Å². The summed E-state index contributed by atoms with van der Waals surface area (Å²) < 4.78 is 58.4. The summed E-state index contributed by atoms with van der Waals surface area (Å²) in [5.41, 5.74) is 2.04. The van der Waals surface area contributed by atoms with E-state index in [1.54, 1.807) is 0 Å². The third kappa shape index (κ3) is 5.31. The Kier molecular flexibility index (Phi) is 7.15. The Balaban J connectivity index is 1.17. The maximum atomic E-state index is 6.88. The van der Waals surface area contributed by atoms with Gasteiger partial charge in [0.25, 0.3) is 0 Å². The Bertz CT molecular complexity index is 1160. The minimum atomic E-state index is -2.72. The van der Waals surface area contributed by atoms with Crippen molar-refractivity contribution in [1.29, 1.82) is 0 Å². The first-order valence-electron chi connectivity index (χ1n) is 14.2. The summed E-state index contributed by atoms with van der Waals surface area (Å²) in [6.45, 7) is 8.71. The van der Waals surface area contributed by atoms with E-state index in [-0.39, 0.29) is 36.6 Å². The molecule has 5 heterocycles. The van der Waals surface area contributed by atoms with E-state index < -0.39 is 39.1 Å². The minimum absolute atomic E-state index is 0.261. The third-order valence-electron chi connectivity index (χ3n) is 8.17. The summed E-state index contributed by atoms with van der Waals surface area (Å²) in [6.07, 6.45) is -3.16. The molecule has 0 aromatic heterocycles. The van der Waals surface area contributed by atoms with Crippen molar-refractivity contribution in [2.75, 3.05) is 6.61 Å². The Morgan fingerprint density at radius 1 is 0.775 bits per heavy atom. The first-order chi connectivity index (χ1) is 19.2. The predicted molar refractivity (Wildman–Crippen MR) is 144 cm³/mol. The van der Waals surface area contributed by atoms with Gasteiger partial charge in [-0.2, -0.15) is 0 Å². The summed E-state index contributed by atoms with van der Waals surface area (Å²) >= 11 is 0. The van der Waals surface area contributed by atoms with Crippen molar-refractivity contribution in [2.45, 2.75) is 107 Å². The molecule has 2 aromatic carbocycles. The quantitative estimate of drug-likeness (QED) is 0.502. The molecule has 5 aliphatic heterocycles. The lowest BCUT2D eigenvalue weighted by Crippen LogP contribution is -2.67.